The molecule has 12 N–H and O–H groups in total. The fourth-order valence-electron chi connectivity index (χ4n) is 3.34. The third-order valence-corrected chi connectivity index (χ3v) is 6.22. The van der Waals surface area contributed by atoms with Crippen LogP contribution in [0.3, 0.4) is 0 Å². The van der Waals surface area contributed by atoms with Gasteiger partial charge in [-0.3, -0.25) is 9.59 Å². The topological polar surface area (TPSA) is 274 Å². The minimum atomic E-state index is -1.04. The summed E-state index contributed by atoms with van der Waals surface area (Å²) in [5, 5.41) is 23.1. The van der Waals surface area contributed by atoms with E-state index in [1.54, 1.807) is 26.2 Å². The van der Waals surface area contributed by atoms with Crippen LogP contribution in [0.2, 0.25) is 0 Å². The van der Waals surface area contributed by atoms with E-state index >= 15 is 0 Å². The molecule has 6 atom stereocenters. The van der Waals surface area contributed by atoms with Gasteiger partial charge >= 0.3 is 11.9 Å². The zero-order valence-corrected chi connectivity index (χ0v) is 22.7. The molecule has 0 radical (unpaired) electrons. The van der Waals surface area contributed by atoms with Crippen LogP contribution in [0, 0.1) is 11.8 Å². The maximum atomic E-state index is 11.9. The number of rotatable bonds is 14. The Kier molecular flexibility index (Phi) is 15.9. The molecule has 0 fully saturated rings. The summed E-state index contributed by atoms with van der Waals surface area (Å²) in [7, 11) is 0. The summed E-state index contributed by atoms with van der Waals surface area (Å²) in [6.45, 7) is 7.30. The van der Waals surface area contributed by atoms with Crippen molar-refractivity contribution in [3.05, 3.63) is 36.4 Å². The summed E-state index contributed by atoms with van der Waals surface area (Å²) in [5.74, 6) is -3.33. The molecule has 2 aromatic rings. The highest BCUT2D eigenvalue weighted by Crippen LogP contribution is 2.09. The molecule has 0 saturated heterocycles. The highest BCUT2D eigenvalue weighted by atomic mass is 16.4. The molecule has 2 heterocycles. The monoisotopic (exact) mass is 554 g/mol. The smallest absolute Gasteiger partial charge is 0.326 e. The number of aromatic nitrogens is 4. The Bertz CT molecular complexity index is 920. The van der Waals surface area contributed by atoms with E-state index in [0.29, 0.717) is 25.7 Å². The molecular formula is C24H42N8O7. The summed E-state index contributed by atoms with van der Waals surface area (Å²) in [6, 6.07) is -3.42. The Labute approximate surface area is 226 Å². The van der Waals surface area contributed by atoms with Crippen molar-refractivity contribution in [3.63, 3.8) is 0 Å². The van der Waals surface area contributed by atoms with E-state index in [1.807, 2.05) is 13.8 Å². The van der Waals surface area contributed by atoms with Crippen molar-refractivity contribution >= 4 is 23.8 Å². The number of amides is 2. The molecule has 0 saturated carbocycles. The molecule has 0 spiro atoms. The van der Waals surface area contributed by atoms with Crippen molar-refractivity contribution in [2.75, 3.05) is 0 Å². The largest absolute Gasteiger partial charge is 0.480 e. The van der Waals surface area contributed by atoms with Gasteiger partial charge in [-0.2, -0.15) is 0 Å². The number of nitrogens with one attached hydrogen (secondary N) is 4. The normalized spacial score (nSPS) is 15.1. The highest BCUT2D eigenvalue weighted by molar-refractivity contribution is 5.87. The average Bonchev–Trinajstić information content (AvgIpc) is 3.59. The van der Waals surface area contributed by atoms with E-state index in [4.69, 9.17) is 21.7 Å². The van der Waals surface area contributed by atoms with Crippen molar-refractivity contribution < 1.29 is 34.9 Å². The van der Waals surface area contributed by atoms with Gasteiger partial charge in [-0.1, -0.05) is 40.5 Å². The number of aliphatic carboxylic acids is 2. The van der Waals surface area contributed by atoms with Gasteiger partial charge in [-0.25, -0.2) is 19.6 Å². The van der Waals surface area contributed by atoms with Gasteiger partial charge in [0, 0.05) is 36.6 Å². The lowest BCUT2D eigenvalue weighted by Crippen LogP contribution is -2.51. The molecule has 0 aliphatic carbocycles. The number of carboxylic acids is 2. The van der Waals surface area contributed by atoms with Gasteiger partial charge in [-0.15, -0.1) is 0 Å². The fourth-order valence-corrected chi connectivity index (χ4v) is 3.34. The van der Waals surface area contributed by atoms with Crippen molar-refractivity contribution in [2.24, 2.45) is 23.3 Å². The predicted octanol–water partition coefficient (Wildman–Crippen LogP) is -1.03. The maximum Gasteiger partial charge on any atom is 0.326 e. The molecule has 39 heavy (non-hydrogen) atoms. The Morgan fingerprint density at radius 2 is 1.13 bits per heavy atom. The lowest BCUT2D eigenvalue weighted by Gasteiger charge is -2.22. The van der Waals surface area contributed by atoms with Gasteiger partial charge in [0.1, 0.15) is 12.1 Å². The first-order chi connectivity index (χ1) is 17.9. The van der Waals surface area contributed by atoms with Crippen LogP contribution in [-0.2, 0) is 32.0 Å². The van der Waals surface area contributed by atoms with E-state index in [1.165, 1.54) is 12.7 Å². The van der Waals surface area contributed by atoms with Crippen molar-refractivity contribution in [3.8, 4) is 0 Å². The van der Waals surface area contributed by atoms with Gasteiger partial charge in [0.15, 0.2) is 0 Å². The van der Waals surface area contributed by atoms with Crippen LogP contribution >= 0.6 is 0 Å². The SMILES string of the molecule is CCC(C)[C@H](NC(=O)C(N)Cc1cnc[nH]1)C(=O)O.CCC(C)[C@H](NC(=O)C(N)Cc1cnc[nH]1)C(=O)O.O. The first kappa shape index (κ1) is 35.2. The highest BCUT2D eigenvalue weighted by Gasteiger charge is 2.28. The lowest BCUT2D eigenvalue weighted by atomic mass is 9.98. The number of carboxylic acid groups (broad SMARTS) is 2. The number of nitrogens with zero attached hydrogens (tertiary/aromatic N) is 2. The first-order valence-electron chi connectivity index (χ1n) is 12.4. The van der Waals surface area contributed by atoms with E-state index in [-0.39, 0.29) is 17.3 Å². The Balaban J connectivity index is 0.000000722. The van der Waals surface area contributed by atoms with Crippen molar-refractivity contribution in [2.45, 2.75) is 77.5 Å². The van der Waals surface area contributed by atoms with E-state index in [2.05, 4.69) is 30.6 Å². The van der Waals surface area contributed by atoms with Crippen LogP contribution in [0.15, 0.2) is 25.0 Å². The van der Waals surface area contributed by atoms with Gasteiger partial charge in [0.25, 0.3) is 0 Å². The molecule has 220 valence electrons. The zero-order chi connectivity index (χ0) is 28.8. The van der Waals surface area contributed by atoms with Crippen LogP contribution in [0.25, 0.3) is 0 Å². The number of imidazole rings is 2. The summed E-state index contributed by atoms with van der Waals surface area (Å²) in [4.78, 5) is 59.3. The first-order valence-corrected chi connectivity index (χ1v) is 12.4. The second-order valence-electron chi connectivity index (χ2n) is 9.19. The maximum absolute atomic E-state index is 11.9. The molecule has 15 heteroatoms. The zero-order valence-electron chi connectivity index (χ0n) is 22.7. The number of hydrogen-bond donors (Lipinski definition) is 8. The van der Waals surface area contributed by atoms with Crippen LogP contribution in [0.4, 0.5) is 0 Å². The van der Waals surface area contributed by atoms with E-state index in [0.717, 1.165) is 11.4 Å². The Morgan fingerprint density at radius 1 is 0.795 bits per heavy atom. The second-order valence-corrected chi connectivity index (χ2v) is 9.19. The number of nitrogens with two attached hydrogens (primary N) is 2. The predicted molar refractivity (Wildman–Crippen MR) is 142 cm³/mol. The molecule has 2 amide bonds. The molecule has 0 aliphatic rings. The Morgan fingerprint density at radius 3 is 1.36 bits per heavy atom. The lowest BCUT2D eigenvalue weighted by molar-refractivity contribution is -0.143. The van der Waals surface area contributed by atoms with Crippen molar-refractivity contribution in [1.29, 1.82) is 0 Å². The average molecular weight is 555 g/mol. The molecule has 0 aromatic carbocycles. The van der Waals surface area contributed by atoms with E-state index < -0.39 is 47.9 Å². The van der Waals surface area contributed by atoms with Crippen LogP contribution in [0.1, 0.15) is 51.9 Å². The quantitative estimate of drug-likeness (QED) is 0.140. The van der Waals surface area contributed by atoms with E-state index in [9.17, 15) is 19.2 Å². The van der Waals surface area contributed by atoms with Gasteiger partial charge < -0.3 is 47.8 Å². The minimum Gasteiger partial charge on any atom is -0.480 e. The number of hydrogen-bond acceptors (Lipinski definition) is 8. The standard InChI is InChI=1S/2C12H20N4O3.H2O/c2*1-3-7(2)10(12(18)19)16-11(17)9(13)4-8-5-14-6-15-8;/h2*5-7,9-10H,3-4,13H2,1-2H3,(H,14,15)(H,16,17)(H,18,19);1H2/t2*7?,9?,10-;/m00./s1. The Hall–Kier alpha value is -3.82. The molecule has 2 aromatic heterocycles. The number of carbonyl (C=O) groups is 4. The second kappa shape index (κ2) is 17.6. The molecule has 0 aliphatic heterocycles. The van der Waals surface area contributed by atoms with Gasteiger partial charge in [-0.05, 0) is 11.8 Å². The summed E-state index contributed by atoms with van der Waals surface area (Å²) < 4.78 is 0. The van der Waals surface area contributed by atoms with Crippen molar-refractivity contribution in [1.82, 2.24) is 30.6 Å². The van der Waals surface area contributed by atoms with Gasteiger partial charge in [0.2, 0.25) is 11.8 Å². The number of carbonyl (C=O) groups excluding carboxylic acids is 2. The molecular weight excluding hydrogens is 512 g/mol. The number of aromatic amines is 2. The molecule has 4 unspecified atom stereocenters. The third-order valence-electron chi connectivity index (χ3n) is 6.22. The third kappa shape index (κ3) is 12.1. The summed E-state index contributed by atoms with van der Waals surface area (Å²) in [5.41, 5.74) is 13.0. The summed E-state index contributed by atoms with van der Waals surface area (Å²) in [6.07, 6.45) is 8.06. The van der Waals surface area contributed by atoms with Crippen LogP contribution < -0.4 is 22.1 Å². The summed E-state index contributed by atoms with van der Waals surface area (Å²) >= 11 is 0. The molecule has 0 bridgehead atoms. The van der Waals surface area contributed by atoms with Crippen LogP contribution in [0.5, 0.6) is 0 Å². The van der Waals surface area contributed by atoms with Gasteiger partial charge in [0.05, 0.1) is 24.7 Å². The number of H-pyrrole nitrogens is 2. The minimum absolute atomic E-state index is 0. The molecule has 2 rings (SSSR count). The van der Waals surface area contributed by atoms with Crippen LogP contribution in [-0.4, -0.2) is 83.5 Å². The molecule has 15 nitrogen and oxygen atoms in total. The fraction of sp³-hybridized carbons (Fsp3) is 0.583.